The first-order valence-electron chi connectivity index (χ1n) is 7.73. The van der Waals surface area contributed by atoms with E-state index in [1.165, 1.54) is 18.4 Å². The molecule has 0 aliphatic carbocycles. The number of ether oxygens (including phenoxy) is 1. The molecule has 0 spiro atoms. The number of benzene rings is 2. The molecule has 26 heavy (non-hydrogen) atoms. The van der Waals surface area contributed by atoms with E-state index in [4.69, 9.17) is 10.00 Å². The summed E-state index contributed by atoms with van der Waals surface area (Å²) in [4.78, 5) is 16.9. The van der Waals surface area contributed by atoms with Gasteiger partial charge in [0.05, 0.1) is 30.5 Å². The molecule has 4 rings (SSSR count). The Morgan fingerprint density at radius 3 is 2.46 bits per heavy atom. The number of esters is 1. The van der Waals surface area contributed by atoms with Crippen molar-refractivity contribution in [3.05, 3.63) is 65.9 Å². The van der Waals surface area contributed by atoms with Gasteiger partial charge in [0.1, 0.15) is 9.84 Å². The number of imidazole rings is 1. The molecule has 6 nitrogen and oxygen atoms in total. The molecule has 4 aromatic rings. The molecule has 0 aliphatic heterocycles. The van der Waals surface area contributed by atoms with Crippen molar-refractivity contribution in [3.63, 3.8) is 0 Å². The van der Waals surface area contributed by atoms with Crippen LogP contribution in [0.3, 0.4) is 0 Å². The normalized spacial score (nSPS) is 10.6. The van der Waals surface area contributed by atoms with Crippen LogP contribution in [-0.2, 0) is 4.74 Å². The summed E-state index contributed by atoms with van der Waals surface area (Å²) in [5.74, 6) is 0.356. The van der Waals surface area contributed by atoms with E-state index in [9.17, 15) is 4.79 Å². The van der Waals surface area contributed by atoms with E-state index in [1.54, 1.807) is 35.0 Å². The molecular weight excluding hydrogens is 348 g/mol. The molecule has 0 aliphatic rings. The first kappa shape index (κ1) is 16.0. The number of hydrogen-bond donors (Lipinski definition) is 0. The minimum atomic E-state index is -0.365. The lowest BCUT2D eigenvalue weighted by Gasteiger charge is -2.00. The zero-order chi connectivity index (χ0) is 18.1. The maximum Gasteiger partial charge on any atom is 0.337 e. The maximum atomic E-state index is 11.5. The predicted molar refractivity (Wildman–Crippen MR) is 97.8 cm³/mol. The van der Waals surface area contributed by atoms with Crippen LogP contribution in [0.1, 0.15) is 15.9 Å². The zero-order valence-corrected chi connectivity index (χ0v) is 14.5. The van der Waals surface area contributed by atoms with Gasteiger partial charge in [0.15, 0.2) is 5.82 Å². The molecule has 2 aromatic carbocycles. The van der Waals surface area contributed by atoms with Crippen molar-refractivity contribution in [2.75, 3.05) is 7.11 Å². The predicted octanol–water partition coefficient (Wildman–Crippen LogP) is 3.78. The van der Waals surface area contributed by atoms with Gasteiger partial charge >= 0.3 is 5.97 Å². The van der Waals surface area contributed by atoms with Crippen molar-refractivity contribution in [1.29, 1.82) is 5.26 Å². The summed E-state index contributed by atoms with van der Waals surface area (Å²) in [6.45, 7) is 0. The molecule has 126 valence electrons. The molecule has 0 fully saturated rings. The van der Waals surface area contributed by atoms with Crippen molar-refractivity contribution < 1.29 is 9.53 Å². The number of fused-ring (bicyclic) bond motifs is 1. The van der Waals surface area contributed by atoms with Crippen LogP contribution < -0.4 is 0 Å². The molecule has 0 unspecified atom stereocenters. The van der Waals surface area contributed by atoms with Crippen molar-refractivity contribution >= 4 is 22.1 Å². The Kier molecular flexibility index (Phi) is 3.95. The molecule has 0 bridgehead atoms. The fraction of sp³-hybridized carbons (Fsp3) is 0.0526. The summed E-state index contributed by atoms with van der Waals surface area (Å²) in [5.41, 5.74) is 2.91. The van der Waals surface area contributed by atoms with Crippen LogP contribution in [0.15, 0.2) is 54.7 Å². The molecule has 0 radical (unpaired) electrons. The molecule has 0 atom stereocenters. The van der Waals surface area contributed by atoms with E-state index < -0.39 is 0 Å². The SMILES string of the molecule is COC(=O)c1ccc(-c2nn3c(-c4ccc(C#N)cc4)ncc3s2)cc1. The minimum absolute atomic E-state index is 0.365. The Hall–Kier alpha value is -3.50. The van der Waals surface area contributed by atoms with Gasteiger partial charge in [-0.05, 0) is 36.4 Å². The van der Waals surface area contributed by atoms with Crippen LogP contribution >= 0.6 is 11.3 Å². The topological polar surface area (TPSA) is 80.3 Å². The van der Waals surface area contributed by atoms with Gasteiger partial charge in [0.2, 0.25) is 0 Å². The maximum absolute atomic E-state index is 11.5. The fourth-order valence-electron chi connectivity index (χ4n) is 2.58. The van der Waals surface area contributed by atoms with Gasteiger partial charge in [-0.3, -0.25) is 0 Å². The highest BCUT2D eigenvalue weighted by Gasteiger charge is 2.13. The smallest absolute Gasteiger partial charge is 0.337 e. The lowest BCUT2D eigenvalue weighted by Crippen LogP contribution is -2.00. The number of carbonyl (C=O) groups is 1. The van der Waals surface area contributed by atoms with Crippen LogP contribution in [0.25, 0.3) is 26.8 Å². The summed E-state index contributed by atoms with van der Waals surface area (Å²) >= 11 is 1.51. The Morgan fingerprint density at radius 2 is 1.81 bits per heavy atom. The van der Waals surface area contributed by atoms with Crippen molar-refractivity contribution in [2.24, 2.45) is 0 Å². The highest BCUT2D eigenvalue weighted by atomic mass is 32.1. The minimum Gasteiger partial charge on any atom is -0.465 e. The highest BCUT2D eigenvalue weighted by molar-refractivity contribution is 7.20. The summed E-state index contributed by atoms with van der Waals surface area (Å²) in [7, 11) is 1.36. The second kappa shape index (κ2) is 6.43. The number of rotatable bonds is 3. The third-order valence-electron chi connectivity index (χ3n) is 3.92. The number of hydrogen-bond acceptors (Lipinski definition) is 6. The fourth-order valence-corrected chi connectivity index (χ4v) is 3.47. The lowest BCUT2D eigenvalue weighted by molar-refractivity contribution is 0.0601. The molecule has 2 heterocycles. The Bertz CT molecular complexity index is 1140. The van der Waals surface area contributed by atoms with E-state index in [2.05, 4.69) is 16.2 Å². The van der Waals surface area contributed by atoms with Crippen LogP contribution in [0.5, 0.6) is 0 Å². The summed E-state index contributed by atoms with van der Waals surface area (Å²) in [6.07, 6.45) is 1.78. The van der Waals surface area contributed by atoms with Gasteiger partial charge in [-0.25, -0.2) is 14.3 Å². The van der Waals surface area contributed by atoms with E-state index in [0.717, 1.165) is 26.8 Å². The standard InChI is InChI=1S/C19H12N4O2S/c1-25-19(24)15-8-6-14(7-9-15)18-22-23-16(26-18)11-21-17(23)13-4-2-12(10-20)3-5-13/h2-9,11H,1H3. The van der Waals surface area contributed by atoms with Crippen molar-refractivity contribution in [3.8, 4) is 28.0 Å². The third-order valence-corrected chi connectivity index (χ3v) is 4.92. The quantitative estimate of drug-likeness (QED) is 0.519. The van der Waals surface area contributed by atoms with Gasteiger partial charge in [0.25, 0.3) is 0 Å². The highest BCUT2D eigenvalue weighted by Crippen LogP contribution is 2.29. The van der Waals surface area contributed by atoms with Crippen molar-refractivity contribution in [1.82, 2.24) is 14.6 Å². The Morgan fingerprint density at radius 1 is 1.12 bits per heavy atom. The summed E-state index contributed by atoms with van der Waals surface area (Å²) < 4.78 is 6.50. The van der Waals surface area contributed by atoms with E-state index in [0.29, 0.717) is 11.1 Å². The number of nitriles is 1. The van der Waals surface area contributed by atoms with E-state index >= 15 is 0 Å². The molecule has 0 amide bonds. The van der Waals surface area contributed by atoms with Crippen LogP contribution in [-0.4, -0.2) is 27.7 Å². The number of carbonyl (C=O) groups excluding carboxylic acids is 1. The second-order valence-corrected chi connectivity index (χ2v) is 6.51. The van der Waals surface area contributed by atoms with Gasteiger partial charge < -0.3 is 4.74 Å². The van der Waals surface area contributed by atoms with Gasteiger partial charge in [-0.15, -0.1) is 0 Å². The average molecular weight is 360 g/mol. The van der Waals surface area contributed by atoms with E-state index in [-0.39, 0.29) is 5.97 Å². The summed E-state index contributed by atoms with van der Waals surface area (Å²) in [5, 5.41) is 14.4. The number of nitrogens with zero attached hydrogens (tertiary/aromatic N) is 4. The largest absolute Gasteiger partial charge is 0.465 e. The van der Waals surface area contributed by atoms with Gasteiger partial charge in [-0.2, -0.15) is 10.4 Å². The number of methoxy groups -OCH3 is 1. The van der Waals surface area contributed by atoms with E-state index in [1.807, 2.05) is 24.3 Å². The van der Waals surface area contributed by atoms with Crippen LogP contribution in [0.4, 0.5) is 0 Å². The zero-order valence-electron chi connectivity index (χ0n) is 13.7. The van der Waals surface area contributed by atoms with Crippen LogP contribution in [0, 0.1) is 11.3 Å². The first-order valence-corrected chi connectivity index (χ1v) is 8.55. The average Bonchev–Trinajstić information content (AvgIpc) is 3.28. The monoisotopic (exact) mass is 360 g/mol. The lowest BCUT2D eigenvalue weighted by atomic mass is 10.1. The Balaban J connectivity index is 1.71. The van der Waals surface area contributed by atoms with Crippen molar-refractivity contribution in [2.45, 2.75) is 0 Å². The molecule has 7 heteroatoms. The molecular formula is C19H12N4O2S. The first-order chi connectivity index (χ1) is 12.7. The third kappa shape index (κ3) is 2.72. The molecule has 0 saturated carbocycles. The molecule has 0 N–H and O–H groups in total. The van der Waals surface area contributed by atoms with Crippen LogP contribution in [0.2, 0.25) is 0 Å². The van der Waals surface area contributed by atoms with Gasteiger partial charge in [-0.1, -0.05) is 23.5 Å². The number of aromatic nitrogens is 3. The van der Waals surface area contributed by atoms with Gasteiger partial charge in [0, 0.05) is 11.1 Å². The summed E-state index contributed by atoms with van der Waals surface area (Å²) in [6, 6.07) is 16.5. The molecule has 2 aromatic heterocycles. The second-order valence-electron chi connectivity index (χ2n) is 5.50. The molecule has 0 saturated heterocycles. The Labute approximate surface area is 152 Å².